The Balaban J connectivity index is 2.18. The van der Waals surface area contributed by atoms with Crippen molar-refractivity contribution in [3.8, 4) is 11.5 Å². The molecule has 1 aromatic rings. The molecule has 0 aromatic heterocycles. The first-order valence-corrected chi connectivity index (χ1v) is 8.90. The van der Waals surface area contributed by atoms with Crippen molar-refractivity contribution in [2.24, 2.45) is 0 Å². The Morgan fingerprint density at radius 1 is 1.26 bits per heavy atom. The van der Waals surface area contributed by atoms with Gasteiger partial charge in [0.25, 0.3) is 0 Å². The summed E-state index contributed by atoms with van der Waals surface area (Å²) in [5, 5.41) is 2.67. The largest absolute Gasteiger partial charge is 0.490 e. The Bertz CT molecular complexity index is 672. The number of fused-ring (bicyclic) bond motifs is 1. The summed E-state index contributed by atoms with van der Waals surface area (Å²) in [6, 6.07) is 4.43. The minimum absolute atomic E-state index is 0.0448. The van der Waals surface area contributed by atoms with Crippen LogP contribution in [0.25, 0.3) is 0 Å². The van der Waals surface area contributed by atoms with Crippen LogP contribution in [0.5, 0.6) is 11.5 Å². The summed E-state index contributed by atoms with van der Waals surface area (Å²) in [6.07, 6.45) is 0.742. The van der Waals surface area contributed by atoms with E-state index in [1.54, 1.807) is 6.07 Å². The van der Waals surface area contributed by atoms with E-state index in [4.69, 9.17) is 9.47 Å². The van der Waals surface area contributed by atoms with Crippen LogP contribution in [-0.2, 0) is 14.8 Å². The molecule has 2 rings (SSSR count). The molecular formula is C15H22N2O5S. The third kappa shape index (κ3) is 4.35. The van der Waals surface area contributed by atoms with E-state index in [9.17, 15) is 13.2 Å². The fourth-order valence-electron chi connectivity index (χ4n) is 2.14. The molecule has 0 bridgehead atoms. The van der Waals surface area contributed by atoms with Crippen LogP contribution in [0, 0.1) is 0 Å². The molecule has 1 amide bonds. The molecule has 1 aliphatic heterocycles. The number of ether oxygens (including phenoxy) is 2. The summed E-state index contributed by atoms with van der Waals surface area (Å²) in [4.78, 5) is 11.8. The zero-order valence-electron chi connectivity index (χ0n) is 13.5. The summed E-state index contributed by atoms with van der Waals surface area (Å²) < 4.78 is 37.2. The number of rotatable bonds is 5. The fourth-order valence-corrected chi connectivity index (χ4v) is 3.28. The molecule has 8 heteroatoms. The van der Waals surface area contributed by atoms with Crippen molar-refractivity contribution in [3.63, 3.8) is 0 Å². The van der Waals surface area contributed by atoms with Crippen LogP contribution in [0.3, 0.4) is 0 Å². The second-order valence-corrected chi connectivity index (χ2v) is 7.69. The van der Waals surface area contributed by atoms with Crippen LogP contribution >= 0.6 is 0 Å². The van der Waals surface area contributed by atoms with Gasteiger partial charge in [0.2, 0.25) is 15.9 Å². The predicted molar refractivity (Wildman–Crippen MR) is 85.1 cm³/mol. The molecule has 0 saturated heterocycles. The Labute approximate surface area is 136 Å². The molecule has 0 unspecified atom stereocenters. The van der Waals surface area contributed by atoms with Gasteiger partial charge in [-0.15, -0.1) is 0 Å². The van der Waals surface area contributed by atoms with Crippen molar-refractivity contribution in [1.82, 2.24) is 9.62 Å². The van der Waals surface area contributed by atoms with E-state index < -0.39 is 10.0 Å². The van der Waals surface area contributed by atoms with Gasteiger partial charge < -0.3 is 14.8 Å². The Morgan fingerprint density at radius 3 is 2.57 bits per heavy atom. The van der Waals surface area contributed by atoms with Crippen LogP contribution in [0.4, 0.5) is 0 Å². The van der Waals surface area contributed by atoms with Gasteiger partial charge in [-0.3, -0.25) is 4.79 Å². The number of hydrogen-bond acceptors (Lipinski definition) is 5. The topological polar surface area (TPSA) is 84.9 Å². The van der Waals surface area contributed by atoms with Crippen molar-refractivity contribution >= 4 is 15.9 Å². The van der Waals surface area contributed by atoms with E-state index in [1.807, 2.05) is 13.8 Å². The quantitative estimate of drug-likeness (QED) is 0.863. The van der Waals surface area contributed by atoms with Crippen molar-refractivity contribution < 1.29 is 22.7 Å². The maximum Gasteiger partial charge on any atom is 0.243 e. The lowest BCUT2D eigenvalue weighted by Crippen LogP contribution is -2.40. The number of nitrogens with one attached hydrogen (secondary N) is 1. The summed E-state index contributed by atoms with van der Waals surface area (Å²) in [5.74, 6) is 0.589. The van der Waals surface area contributed by atoms with Gasteiger partial charge in [-0.1, -0.05) is 0 Å². The maximum atomic E-state index is 12.6. The average Bonchev–Trinajstić information content (AvgIpc) is 2.70. The van der Waals surface area contributed by atoms with Crippen LogP contribution in [0.2, 0.25) is 0 Å². The van der Waals surface area contributed by atoms with E-state index >= 15 is 0 Å². The summed E-state index contributed by atoms with van der Waals surface area (Å²) in [7, 11) is -2.41. The SMILES string of the molecule is CC(C)NC(=O)CN(C)S(=O)(=O)c1ccc2c(c1)OCCCO2. The lowest BCUT2D eigenvalue weighted by Gasteiger charge is -2.18. The lowest BCUT2D eigenvalue weighted by atomic mass is 10.3. The first kappa shape index (κ1) is 17.6. The molecule has 0 fully saturated rings. The highest BCUT2D eigenvalue weighted by molar-refractivity contribution is 7.89. The Morgan fingerprint density at radius 2 is 1.91 bits per heavy atom. The monoisotopic (exact) mass is 342 g/mol. The van der Waals surface area contributed by atoms with Gasteiger partial charge in [0.15, 0.2) is 11.5 Å². The molecule has 1 aromatic carbocycles. The van der Waals surface area contributed by atoms with Gasteiger partial charge >= 0.3 is 0 Å². The van der Waals surface area contributed by atoms with Gasteiger partial charge in [0.1, 0.15) is 0 Å². The molecule has 7 nitrogen and oxygen atoms in total. The normalized spacial score (nSPS) is 14.7. The molecule has 0 atom stereocenters. The van der Waals surface area contributed by atoms with Crippen molar-refractivity contribution in [2.75, 3.05) is 26.8 Å². The molecule has 0 spiro atoms. The lowest BCUT2D eigenvalue weighted by molar-refractivity contribution is -0.121. The molecule has 0 aliphatic carbocycles. The van der Waals surface area contributed by atoms with Crippen LogP contribution < -0.4 is 14.8 Å². The fraction of sp³-hybridized carbons (Fsp3) is 0.533. The van der Waals surface area contributed by atoms with E-state index in [1.165, 1.54) is 19.2 Å². The van der Waals surface area contributed by atoms with Crippen molar-refractivity contribution in [3.05, 3.63) is 18.2 Å². The van der Waals surface area contributed by atoms with Crippen molar-refractivity contribution in [2.45, 2.75) is 31.2 Å². The van der Waals surface area contributed by atoms with Gasteiger partial charge in [0, 0.05) is 25.6 Å². The number of sulfonamides is 1. The highest BCUT2D eigenvalue weighted by Crippen LogP contribution is 2.32. The van der Waals surface area contributed by atoms with E-state index in [0.717, 1.165) is 10.7 Å². The smallest absolute Gasteiger partial charge is 0.243 e. The molecule has 0 radical (unpaired) electrons. The highest BCUT2D eigenvalue weighted by Gasteiger charge is 2.25. The molecule has 1 N–H and O–H groups in total. The minimum Gasteiger partial charge on any atom is -0.490 e. The number of likely N-dealkylation sites (N-methyl/N-ethyl adjacent to an activating group) is 1. The third-order valence-corrected chi connectivity index (χ3v) is 5.04. The molecule has 0 saturated carbocycles. The number of hydrogen-bond donors (Lipinski definition) is 1. The Kier molecular flexibility index (Phi) is 5.48. The number of carbonyl (C=O) groups is 1. The summed E-state index contributed by atoms with van der Waals surface area (Å²) in [5.41, 5.74) is 0. The van der Waals surface area contributed by atoms with Crippen LogP contribution in [0.15, 0.2) is 23.1 Å². The summed E-state index contributed by atoms with van der Waals surface area (Å²) in [6.45, 7) is 4.40. The van der Waals surface area contributed by atoms with E-state index in [0.29, 0.717) is 24.7 Å². The molecule has 1 heterocycles. The first-order chi connectivity index (χ1) is 10.8. The van der Waals surface area contributed by atoms with E-state index in [-0.39, 0.29) is 23.4 Å². The minimum atomic E-state index is -3.78. The van der Waals surface area contributed by atoms with Gasteiger partial charge in [-0.25, -0.2) is 8.42 Å². The molecule has 23 heavy (non-hydrogen) atoms. The maximum absolute atomic E-state index is 12.6. The van der Waals surface area contributed by atoms with Crippen molar-refractivity contribution in [1.29, 1.82) is 0 Å². The van der Waals surface area contributed by atoms with Crippen LogP contribution in [0.1, 0.15) is 20.3 Å². The first-order valence-electron chi connectivity index (χ1n) is 7.46. The number of nitrogens with zero attached hydrogens (tertiary/aromatic N) is 1. The number of amides is 1. The average molecular weight is 342 g/mol. The van der Waals surface area contributed by atoms with Crippen LogP contribution in [-0.4, -0.2) is 51.5 Å². The van der Waals surface area contributed by atoms with E-state index in [2.05, 4.69) is 5.32 Å². The van der Waals surface area contributed by atoms with Gasteiger partial charge in [-0.2, -0.15) is 4.31 Å². The highest BCUT2D eigenvalue weighted by atomic mass is 32.2. The molecular weight excluding hydrogens is 320 g/mol. The zero-order chi connectivity index (χ0) is 17.0. The zero-order valence-corrected chi connectivity index (χ0v) is 14.4. The second kappa shape index (κ2) is 7.18. The predicted octanol–water partition coefficient (Wildman–Crippen LogP) is 0.993. The second-order valence-electron chi connectivity index (χ2n) is 5.64. The molecule has 1 aliphatic rings. The number of carbonyl (C=O) groups excluding carboxylic acids is 1. The number of benzene rings is 1. The van der Waals surface area contributed by atoms with Gasteiger partial charge in [0.05, 0.1) is 24.7 Å². The van der Waals surface area contributed by atoms with Gasteiger partial charge in [-0.05, 0) is 26.0 Å². The standard InChI is InChI=1S/C15H22N2O5S/c1-11(2)16-15(18)10-17(3)23(19,20)12-5-6-13-14(9-12)22-8-4-7-21-13/h5-6,9,11H,4,7-8,10H2,1-3H3,(H,16,18). The third-order valence-electron chi connectivity index (χ3n) is 3.24. The summed E-state index contributed by atoms with van der Waals surface area (Å²) >= 11 is 0. The molecule has 128 valence electrons. The Hall–Kier alpha value is -1.80.